The van der Waals surface area contributed by atoms with Gasteiger partial charge in [-0.25, -0.2) is 4.39 Å². The Kier molecular flexibility index (Phi) is 3.37. The van der Waals surface area contributed by atoms with E-state index in [0.29, 0.717) is 5.56 Å². The third kappa shape index (κ3) is 3.27. The Hall–Kier alpha value is -1.91. The van der Waals surface area contributed by atoms with Crippen molar-refractivity contribution >= 4 is 11.8 Å². The summed E-state index contributed by atoms with van der Waals surface area (Å²) in [6, 6.07) is 6.26. The summed E-state index contributed by atoms with van der Waals surface area (Å²) in [4.78, 5) is 22.6. The highest BCUT2D eigenvalue weighted by atomic mass is 19.1. The number of hydrogen-bond donors (Lipinski definition) is 2. The van der Waals surface area contributed by atoms with E-state index in [0.717, 1.165) is 12.8 Å². The van der Waals surface area contributed by atoms with Crippen LogP contribution in [0.3, 0.4) is 0 Å². The van der Waals surface area contributed by atoms with E-state index in [2.05, 4.69) is 10.6 Å². The molecule has 1 aromatic rings. The minimum atomic E-state index is -0.722. The lowest BCUT2D eigenvalue weighted by molar-refractivity contribution is -0.139. The largest absolute Gasteiger partial charge is 0.345 e. The normalized spacial score (nSPS) is 14.2. The molecule has 0 aliphatic heterocycles. The monoisotopic (exact) mass is 236 g/mol. The van der Waals surface area contributed by atoms with Crippen LogP contribution in [0.5, 0.6) is 0 Å². The predicted octanol–water partition coefficient (Wildman–Crippen LogP) is 0.720. The first-order valence-corrected chi connectivity index (χ1v) is 5.49. The number of benzene rings is 1. The predicted molar refractivity (Wildman–Crippen MR) is 59.4 cm³/mol. The van der Waals surface area contributed by atoms with Crippen molar-refractivity contribution in [2.45, 2.75) is 25.4 Å². The quantitative estimate of drug-likeness (QED) is 0.760. The van der Waals surface area contributed by atoms with Crippen LogP contribution in [-0.2, 0) is 16.1 Å². The first-order valence-electron chi connectivity index (χ1n) is 5.49. The Morgan fingerprint density at radius 2 is 1.94 bits per heavy atom. The molecule has 0 bridgehead atoms. The number of carbonyl (C=O) groups excluding carboxylic acids is 2. The van der Waals surface area contributed by atoms with Crippen LogP contribution in [0.1, 0.15) is 18.4 Å². The fraction of sp³-hybridized carbons (Fsp3) is 0.333. The molecule has 1 aliphatic rings. The molecule has 0 unspecified atom stereocenters. The Balaban J connectivity index is 1.83. The van der Waals surface area contributed by atoms with Crippen molar-refractivity contribution in [1.29, 1.82) is 0 Å². The Morgan fingerprint density at radius 3 is 2.59 bits per heavy atom. The van der Waals surface area contributed by atoms with Crippen LogP contribution < -0.4 is 10.6 Å². The summed E-state index contributed by atoms with van der Waals surface area (Å²) in [6.07, 6.45) is 1.85. The average molecular weight is 236 g/mol. The standard InChI is InChI=1S/C12H13FN2O2/c13-10-4-2-1-3-8(10)7-14-11(16)12(17)15-9-5-6-9/h1-4,9H,5-7H2,(H,14,16)(H,15,17). The van der Waals surface area contributed by atoms with Crippen molar-refractivity contribution in [3.05, 3.63) is 35.6 Å². The van der Waals surface area contributed by atoms with Gasteiger partial charge in [-0.2, -0.15) is 0 Å². The smallest absolute Gasteiger partial charge is 0.309 e. The number of amides is 2. The van der Waals surface area contributed by atoms with Gasteiger partial charge in [0.2, 0.25) is 0 Å². The zero-order valence-electron chi connectivity index (χ0n) is 9.20. The molecular weight excluding hydrogens is 223 g/mol. The maximum Gasteiger partial charge on any atom is 0.309 e. The fourth-order valence-corrected chi connectivity index (χ4v) is 1.38. The van der Waals surface area contributed by atoms with Crippen molar-refractivity contribution in [3.63, 3.8) is 0 Å². The van der Waals surface area contributed by atoms with Gasteiger partial charge in [0, 0.05) is 18.2 Å². The molecule has 1 fully saturated rings. The van der Waals surface area contributed by atoms with Crippen LogP contribution in [0.2, 0.25) is 0 Å². The van der Waals surface area contributed by atoms with Crippen molar-refractivity contribution in [2.75, 3.05) is 0 Å². The van der Waals surface area contributed by atoms with Gasteiger partial charge >= 0.3 is 11.8 Å². The molecule has 2 N–H and O–H groups in total. The highest BCUT2D eigenvalue weighted by molar-refractivity contribution is 6.35. The molecule has 0 atom stereocenters. The maximum atomic E-state index is 13.2. The lowest BCUT2D eigenvalue weighted by Gasteiger charge is -2.06. The van der Waals surface area contributed by atoms with Gasteiger partial charge in [0.25, 0.3) is 0 Å². The zero-order chi connectivity index (χ0) is 12.3. The fourth-order valence-electron chi connectivity index (χ4n) is 1.38. The summed E-state index contributed by atoms with van der Waals surface area (Å²) in [5, 5.41) is 4.94. The molecule has 90 valence electrons. The number of halogens is 1. The number of hydrogen-bond acceptors (Lipinski definition) is 2. The molecule has 2 amide bonds. The van der Waals surface area contributed by atoms with Crippen molar-refractivity contribution < 1.29 is 14.0 Å². The topological polar surface area (TPSA) is 58.2 Å². The Labute approximate surface area is 98.2 Å². The van der Waals surface area contributed by atoms with E-state index in [1.807, 2.05) is 0 Å². The van der Waals surface area contributed by atoms with Gasteiger partial charge in [0.05, 0.1) is 0 Å². The second-order valence-electron chi connectivity index (χ2n) is 4.02. The summed E-state index contributed by atoms with van der Waals surface area (Å²) in [7, 11) is 0. The maximum absolute atomic E-state index is 13.2. The molecule has 2 rings (SSSR count). The van der Waals surface area contributed by atoms with Crippen LogP contribution in [0, 0.1) is 5.82 Å². The molecule has 1 saturated carbocycles. The van der Waals surface area contributed by atoms with Gasteiger partial charge in [-0.05, 0) is 18.9 Å². The summed E-state index contributed by atoms with van der Waals surface area (Å²) < 4.78 is 13.2. The minimum absolute atomic E-state index is 0.0175. The van der Waals surface area contributed by atoms with Crippen LogP contribution in [0.4, 0.5) is 4.39 Å². The summed E-state index contributed by atoms with van der Waals surface area (Å²) in [5.74, 6) is -1.76. The van der Waals surface area contributed by atoms with E-state index in [-0.39, 0.29) is 12.6 Å². The molecular formula is C12H13FN2O2. The van der Waals surface area contributed by atoms with E-state index in [1.54, 1.807) is 18.2 Å². The van der Waals surface area contributed by atoms with Gasteiger partial charge in [0.15, 0.2) is 0 Å². The van der Waals surface area contributed by atoms with Crippen LogP contribution in [-0.4, -0.2) is 17.9 Å². The zero-order valence-corrected chi connectivity index (χ0v) is 9.20. The number of nitrogens with one attached hydrogen (secondary N) is 2. The molecule has 0 saturated heterocycles. The molecule has 4 nitrogen and oxygen atoms in total. The van der Waals surface area contributed by atoms with E-state index in [4.69, 9.17) is 0 Å². The van der Waals surface area contributed by atoms with E-state index in [9.17, 15) is 14.0 Å². The summed E-state index contributed by atoms with van der Waals surface area (Å²) in [6.45, 7) is 0.0175. The SMILES string of the molecule is O=C(NCc1ccccc1F)C(=O)NC1CC1. The molecule has 0 heterocycles. The van der Waals surface area contributed by atoms with Crippen LogP contribution in [0.25, 0.3) is 0 Å². The van der Waals surface area contributed by atoms with Crippen molar-refractivity contribution in [2.24, 2.45) is 0 Å². The first-order chi connectivity index (χ1) is 8.16. The van der Waals surface area contributed by atoms with Crippen molar-refractivity contribution in [3.8, 4) is 0 Å². The van der Waals surface area contributed by atoms with Gasteiger partial charge in [0.1, 0.15) is 5.82 Å². The van der Waals surface area contributed by atoms with Gasteiger partial charge in [-0.1, -0.05) is 18.2 Å². The molecule has 0 aromatic heterocycles. The van der Waals surface area contributed by atoms with Gasteiger partial charge in [-0.15, -0.1) is 0 Å². The molecule has 0 radical (unpaired) electrons. The van der Waals surface area contributed by atoms with Crippen LogP contribution in [0.15, 0.2) is 24.3 Å². The Morgan fingerprint density at radius 1 is 1.24 bits per heavy atom. The summed E-state index contributed by atoms with van der Waals surface area (Å²) in [5.41, 5.74) is 0.361. The lowest BCUT2D eigenvalue weighted by atomic mass is 10.2. The van der Waals surface area contributed by atoms with E-state index in [1.165, 1.54) is 6.07 Å². The third-order valence-electron chi connectivity index (χ3n) is 2.52. The highest BCUT2D eigenvalue weighted by Gasteiger charge is 2.26. The lowest BCUT2D eigenvalue weighted by Crippen LogP contribution is -2.40. The summed E-state index contributed by atoms with van der Waals surface area (Å²) >= 11 is 0. The minimum Gasteiger partial charge on any atom is -0.345 e. The molecule has 1 aliphatic carbocycles. The van der Waals surface area contributed by atoms with Gasteiger partial charge < -0.3 is 10.6 Å². The number of rotatable bonds is 3. The Bertz CT molecular complexity index is 444. The average Bonchev–Trinajstić information content (AvgIpc) is 3.11. The third-order valence-corrected chi connectivity index (χ3v) is 2.52. The second-order valence-corrected chi connectivity index (χ2v) is 4.02. The molecule has 0 spiro atoms. The molecule has 5 heteroatoms. The van der Waals surface area contributed by atoms with E-state index < -0.39 is 17.6 Å². The second kappa shape index (κ2) is 4.95. The molecule has 17 heavy (non-hydrogen) atoms. The van der Waals surface area contributed by atoms with Gasteiger partial charge in [-0.3, -0.25) is 9.59 Å². The van der Waals surface area contributed by atoms with Crippen LogP contribution >= 0.6 is 0 Å². The molecule has 1 aromatic carbocycles. The first kappa shape index (κ1) is 11.6. The van der Waals surface area contributed by atoms with Crippen molar-refractivity contribution in [1.82, 2.24) is 10.6 Å². The highest BCUT2D eigenvalue weighted by Crippen LogP contribution is 2.18. The van der Waals surface area contributed by atoms with E-state index >= 15 is 0 Å². The number of carbonyl (C=O) groups is 2.